The van der Waals surface area contributed by atoms with Gasteiger partial charge in [-0.2, -0.15) is 0 Å². The average molecular weight is 362 g/mol. The molecule has 0 spiro atoms. The third-order valence-corrected chi connectivity index (χ3v) is 4.23. The molecule has 2 aromatic rings. The first-order valence-corrected chi connectivity index (χ1v) is 8.30. The summed E-state index contributed by atoms with van der Waals surface area (Å²) in [4.78, 5) is 0. The van der Waals surface area contributed by atoms with Crippen LogP contribution in [0.5, 0.6) is 34.5 Å². The van der Waals surface area contributed by atoms with E-state index >= 15 is 0 Å². The number of hydrogen-bond acceptors (Lipinski definition) is 6. The molecular weight excluding hydrogens is 336 g/mol. The van der Waals surface area contributed by atoms with E-state index in [0.29, 0.717) is 35.2 Å². The molecule has 0 heterocycles. The number of benzene rings is 2. The summed E-state index contributed by atoms with van der Waals surface area (Å²) in [6, 6.07) is 7.24. The first-order valence-electron chi connectivity index (χ1n) is 8.30. The number of aromatic hydroxyl groups is 1. The molecule has 6 heteroatoms. The number of rotatable bonds is 9. The predicted octanol–water partition coefficient (Wildman–Crippen LogP) is 3.61. The van der Waals surface area contributed by atoms with Crippen LogP contribution in [0.1, 0.15) is 17.5 Å². The molecule has 0 unspecified atom stereocenters. The lowest BCUT2D eigenvalue weighted by Crippen LogP contribution is -1.99. The quantitative estimate of drug-likeness (QED) is 0.735. The largest absolute Gasteiger partial charge is 0.507 e. The van der Waals surface area contributed by atoms with Crippen molar-refractivity contribution in [2.75, 3.05) is 35.5 Å². The van der Waals surface area contributed by atoms with Gasteiger partial charge in [-0.25, -0.2) is 0 Å². The topological polar surface area (TPSA) is 66.4 Å². The van der Waals surface area contributed by atoms with Crippen LogP contribution in [0.4, 0.5) is 0 Å². The molecule has 1 N–H and O–H groups in total. The molecule has 0 aromatic heterocycles. The molecule has 0 bridgehead atoms. The van der Waals surface area contributed by atoms with Gasteiger partial charge in [-0.05, 0) is 37.0 Å². The number of phenolic OH excluding ortho intramolecular Hbond substituents is 1. The second kappa shape index (κ2) is 9.08. The van der Waals surface area contributed by atoms with Crippen LogP contribution < -0.4 is 23.7 Å². The summed E-state index contributed by atoms with van der Waals surface area (Å²) in [6.45, 7) is 0. The van der Waals surface area contributed by atoms with Gasteiger partial charge < -0.3 is 28.8 Å². The fraction of sp³-hybridized carbons (Fsp3) is 0.400. The Bertz CT molecular complexity index is 716. The van der Waals surface area contributed by atoms with Crippen molar-refractivity contribution in [3.05, 3.63) is 35.4 Å². The zero-order valence-electron chi connectivity index (χ0n) is 15.9. The first kappa shape index (κ1) is 19.6. The molecule has 0 atom stereocenters. The highest BCUT2D eigenvalue weighted by atomic mass is 16.5. The van der Waals surface area contributed by atoms with Crippen molar-refractivity contribution in [1.29, 1.82) is 0 Å². The Morgan fingerprint density at radius 2 is 1.31 bits per heavy atom. The third kappa shape index (κ3) is 4.25. The normalized spacial score (nSPS) is 10.3. The predicted molar refractivity (Wildman–Crippen MR) is 99.3 cm³/mol. The summed E-state index contributed by atoms with van der Waals surface area (Å²) in [5.74, 6) is 3.19. The fourth-order valence-corrected chi connectivity index (χ4v) is 2.91. The zero-order chi connectivity index (χ0) is 19.1. The van der Waals surface area contributed by atoms with Gasteiger partial charge in [-0.1, -0.05) is 0 Å². The number of aryl methyl sites for hydroxylation is 1. The van der Waals surface area contributed by atoms with Crippen LogP contribution >= 0.6 is 0 Å². The van der Waals surface area contributed by atoms with Crippen molar-refractivity contribution in [3.63, 3.8) is 0 Å². The Morgan fingerprint density at radius 3 is 1.81 bits per heavy atom. The molecule has 2 aromatic carbocycles. The standard InChI is InChI=1S/C20H26O6/c1-22-14-11-16(21)15(17(12-14)23-2)8-6-7-13-9-18(24-3)20(26-5)19(10-13)25-4/h9-12,21H,6-8H2,1-5H3. The first-order chi connectivity index (χ1) is 12.6. The van der Waals surface area contributed by atoms with Gasteiger partial charge in [-0.3, -0.25) is 0 Å². The van der Waals surface area contributed by atoms with Crippen LogP contribution in [-0.4, -0.2) is 40.7 Å². The SMILES string of the molecule is COc1cc(O)c(CCCc2cc(OC)c(OC)c(OC)c2)c(OC)c1. The average Bonchev–Trinajstić information content (AvgIpc) is 2.67. The summed E-state index contributed by atoms with van der Waals surface area (Å²) < 4.78 is 26.7. The van der Waals surface area contributed by atoms with Crippen molar-refractivity contribution in [2.24, 2.45) is 0 Å². The number of hydrogen-bond donors (Lipinski definition) is 1. The van der Waals surface area contributed by atoms with Crippen LogP contribution in [0.15, 0.2) is 24.3 Å². The molecule has 6 nitrogen and oxygen atoms in total. The van der Waals surface area contributed by atoms with E-state index < -0.39 is 0 Å². The lowest BCUT2D eigenvalue weighted by atomic mass is 10.0. The highest BCUT2D eigenvalue weighted by Crippen LogP contribution is 2.39. The molecule has 2 rings (SSSR count). The number of methoxy groups -OCH3 is 5. The summed E-state index contributed by atoms with van der Waals surface area (Å²) >= 11 is 0. The van der Waals surface area contributed by atoms with E-state index in [2.05, 4.69) is 0 Å². The Morgan fingerprint density at radius 1 is 0.692 bits per heavy atom. The van der Waals surface area contributed by atoms with Gasteiger partial charge in [0.15, 0.2) is 11.5 Å². The van der Waals surface area contributed by atoms with Crippen LogP contribution in [-0.2, 0) is 12.8 Å². The minimum absolute atomic E-state index is 0.172. The van der Waals surface area contributed by atoms with Crippen LogP contribution in [0.25, 0.3) is 0 Å². The molecule has 0 aliphatic heterocycles. The van der Waals surface area contributed by atoms with Crippen molar-refractivity contribution in [2.45, 2.75) is 19.3 Å². The molecule has 0 amide bonds. The Hall–Kier alpha value is -2.76. The van der Waals surface area contributed by atoms with Gasteiger partial charge >= 0.3 is 0 Å². The minimum Gasteiger partial charge on any atom is -0.507 e. The van der Waals surface area contributed by atoms with E-state index in [0.717, 1.165) is 24.0 Å². The zero-order valence-corrected chi connectivity index (χ0v) is 15.9. The lowest BCUT2D eigenvalue weighted by molar-refractivity contribution is 0.323. The van der Waals surface area contributed by atoms with Gasteiger partial charge in [0.25, 0.3) is 0 Å². The highest BCUT2D eigenvalue weighted by molar-refractivity contribution is 5.54. The Balaban J connectivity index is 2.15. The van der Waals surface area contributed by atoms with Crippen molar-refractivity contribution in [1.82, 2.24) is 0 Å². The molecule has 0 aliphatic carbocycles. The van der Waals surface area contributed by atoms with Gasteiger partial charge in [0.1, 0.15) is 17.2 Å². The third-order valence-electron chi connectivity index (χ3n) is 4.23. The highest BCUT2D eigenvalue weighted by Gasteiger charge is 2.15. The van der Waals surface area contributed by atoms with E-state index in [1.165, 1.54) is 0 Å². The van der Waals surface area contributed by atoms with E-state index in [9.17, 15) is 5.11 Å². The smallest absolute Gasteiger partial charge is 0.203 e. The van der Waals surface area contributed by atoms with E-state index in [1.807, 2.05) is 12.1 Å². The molecule has 0 aliphatic rings. The molecule has 0 saturated carbocycles. The Labute approximate surface area is 154 Å². The summed E-state index contributed by atoms with van der Waals surface area (Å²) in [5, 5.41) is 10.2. The molecule has 26 heavy (non-hydrogen) atoms. The van der Waals surface area contributed by atoms with Gasteiger partial charge in [0, 0.05) is 17.7 Å². The molecule has 142 valence electrons. The van der Waals surface area contributed by atoms with Crippen LogP contribution in [0.2, 0.25) is 0 Å². The minimum atomic E-state index is 0.172. The van der Waals surface area contributed by atoms with E-state index in [1.54, 1.807) is 47.7 Å². The molecule has 0 radical (unpaired) electrons. The van der Waals surface area contributed by atoms with Crippen molar-refractivity contribution in [3.8, 4) is 34.5 Å². The number of phenols is 1. The molecular formula is C20H26O6. The Kier molecular flexibility index (Phi) is 6.83. The molecule has 0 fully saturated rings. The molecule has 0 saturated heterocycles. The summed E-state index contributed by atoms with van der Waals surface area (Å²) in [7, 11) is 7.91. The fourth-order valence-electron chi connectivity index (χ4n) is 2.91. The second-order valence-electron chi connectivity index (χ2n) is 5.71. The summed E-state index contributed by atoms with van der Waals surface area (Å²) in [5.41, 5.74) is 1.83. The lowest BCUT2D eigenvalue weighted by Gasteiger charge is -2.15. The monoisotopic (exact) mass is 362 g/mol. The van der Waals surface area contributed by atoms with Gasteiger partial charge in [0.05, 0.1) is 35.5 Å². The maximum Gasteiger partial charge on any atom is 0.203 e. The maximum atomic E-state index is 10.2. The van der Waals surface area contributed by atoms with E-state index in [4.69, 9.17) is 23.7 Å². The van der Waals surface area contributed by atoms with Crippen LogP contribution in [0, 0.1) is 0 Å². The van der Waals surface area contributed by atoms with Crippen molar-refractivity contribution >= 4 is 0 Å². The number of ether oxygens (including phenoxy) is 5. The maximum absolute atomic E-state index is 10.2. The van der Waals surface area contributed by atoms with Crippen LogP contribution in [0.3, 0.4) is 0 Å². The van der Waals surface area contributed by atoms with Gasteiger partial charge in [0.2, 0.25) is 5.75 Å². The van der Waals surface area contributed by atoms with Gasteiger partial charge in [-0.15, -0.1) is 0 Å². The second-order valence-corrected chi connectivity index (χ2v) is 5.71. The summed E-state index contributed by atoms with van der Waals surface area (Å²) in [6.07, 6.45) is 2.26. The van der Waals surface area contributed by atoms with E-state index in [-0.39, 0.29) is 5.75 Å². The van der Waals surface area contributed by atoms with Crippen molar-refractivity contribution < 1.29 is 28.8 Å².